The average Bonchev–Trinajstić information content (AvgIpc) is 3.34. The number of rotatable bonds is 3. The highest BCUT2D eigenvalue weighted by molar-refractivity contribution is 7.91. The second-order valence-electron chi connectivity index (χ2n) is 6.39. The smallest absolute Gasteiger partial charge is 0.276 e. The Hall–Kier alpha value is -2.45. The number of benzene rings is 1. The summed E-state index contributed by atoms with van der Waals surface area (Å²) in [6.07, 6.45) is 0.387. The minimum absolute atomic E-state index is 0.0509. The van der Waals surface area contributed by atoms with E-state index in [4.69, 9.17) is 4.52 Å². The van der Waals surface area contributed by atoms with Crippen molar-refractivity contribution in [3.8, 4) is 11.3 Å². The summed E-state index contributed by atoms with van der Waals surface area (Å²) >= 11 is 1.44. The first-order valence-electron chi connectivity index (χ1n) is 8.61. The molecule has 1 unspecified atom stereocenters. The predicted octanol–water partition coefficient (Wildman–Crippen LogP) is 3.41. The van der Waals surface area contributed by atoms with E-state index in [-0.39, 0.29) is 23.9 Å². The van der Waals surface area contributed by atoms with Gasteiger partial charge in [-0.25, -0.2) is 8.42 Å². The van der Waals surface area contributed by atoms with Crippen molar-refractivity contribution < 1.29 is 17.7 Å². The molecule has 6 nitrogen and oxygen atoms in total. The molecule has 0 N–H and O–H groups in total. The number of nitrogens with zero attached hydrogens (tertiary/aromatic N) is 2. The number of hydrogen-bond donors (Lipinski definition) is 0. The standard InChI is InChI=1S/C19H18N2O4S2/c22-19(15-13-16(25-20-15)14-5-2-1-3-6-14)21-9-8-18(17-7-4-11-26-17)27(23,24)12-10-21/h1-7,11,13,18H,8-10,12H2. The van der Waals surface area contributed by atoms with Crippen LogP contribution < -0.4 is 0 Å². The number of aromatic nitrogens is 1. The largest absolute Gasteiger partial charge is 0.355 e. The van der Waals surface area contributed by atoms with Gasteiger partial charge < -0.3 is 9.42 Å². The van der Waals surface area contributed by atoms with Crippen molar-refractivity contribution in [3.05, 3.63) is 64.5 Å². The second-order valence-corrected chi connectivity index (χ2v) is 9.68. The molecule has 1 saturated heterocycles. The van der Waals surface area contributed by atoms with Gasteiger partial charge >= 0.3 is 0 Å². The Morgan fingerprint density at radius 1 is 1.15 bits per heavy atom. The zero-order valence-corrected chi connectivity index (χ0v) is 16.1. The number of amides is 1. The van der Waals surface area contributed by atoms with Crippen LogP contribution in [0.25, 0.3) is 11.3 Å². The molecular formula is C19H18N2O4S2. The molecule has 1 atom stereocenters. The van der Waals surface area contributed by atoms with Gasteiger partial charge in [-0.2, -0.15) is 0 Å². The van der Waals surface area contributed by atoms with Crippen molar-refractivity contribution in [2.75, 3.05) is 18.8 Å². The van der Waals surface area contributed by atoms with Gasteiger partial charge in [0.05, 0.1) is 11.0 Å². The fourth-order valence-corrected chi connectivity index (χ4v) is 6.22. The third-order valence-electron chi connectivity index (χ3n) is 4.68. The SMILES string of the molecule is O=C(c1cc(-c2ccccc2)on1)N1CCC(c2cccs2)S(=O)(=O)CC1. The van der Waals surface area contributed by atoms with E-state index in [0.29, 0.717) is 18.7 Å². The molecule has 0 saturated carbocycles. The monoisotopic (exact) mass is 402 g/mol. The summed E-state index contributed by atoms with van der Waals surface area (Å²) in [5.74, 6) is 0.158. The Kier molecular flexibility index (Phi) is 4.84. The average molecular weight is 402 g/mol. The van der Waals surface area contributed by atoms with Crippen LogP contribution in [-0.4, -0.2) is 43.2 Å². The quantitative estimate of drug-likeness (QED) is 0.671. The third-order valence-corrected chi connectivity index (χ3v) is 7.92. The lowest BCUT2D eigenvalue weighted by Crippen LogP contribution is -2.33. The van der Waals surface area contributed by atoms with Crippen molar-refractivity contribution >= 4 is 27.1 Å². The van der Waals surface area contributed by atoms with Crippen LogP contribution in [0.5, 0.6) is 0 Å². The summed E-state index contributed by atoms with van der Waals surface area (Å²) in [5, 5.41) is 5.22. The van der Waals surface area contributed by atoms with Gasteiger partial charge in [-0.15, -0.1) is 11.3 Å². The van der Waals surface area contributed by atoms with Gasteiger partial charge in [-0.05, 0) is 17.9 Å². The molecule has 1 fully saturated rings. The summed E-state index contributed by atoms with van der Waals surface area (Å²) < 4.78 is 30.6. The Labute approximate surface area is 161 Å². The van der Waals surface area contributed by atoms with Crippen molar-refractivity contribution in [3.63, 3.8) is 0 Å². The van der Waals surface area contributed by atoms with Crippen LogP contribution in [0.15, 0.2) is 58.4 Å². The third kappa shape index (κ3) is 3.68. The van der Waals surface area contributed by atoms with Crippen molar-refractivity contribution in [2.24, 2.45) is 0 Å². The summed E-state index contributed by atoms with van der Waals surface area (Å²) in [6, 6.07) is 14.7. The Morgan fingerprint density at radius 3 is 2.70 bits per heavy atom. The molecule has 0 radical (unpaired) electrons. The number of carbonyl (C=O) groups is 1. The molecule has 1 aromatic carbocycles. The van der Waals surface area contributed by atoms with E-state index in [1.807, 2.05) is 47.8 Å². The maximum atomic E-state index is 12.8. The normalized spacial score (nSPS) is 19.6. The first kappa shape index (κ1) is 17.9. The van der Waals surface area contributed by atoms with Gasteiger partial charge in [-0.3, -0.25) is 4.79 Å². The number of hydrogen-bond acceptors (Lipinski definition) is 6. The van der Waals surface area contributed by atoms with Crippen LogP contribution in [0.4, 0.5) is 0 Å². The highest BCUT2D eigenvalue weighted by Crippen LogP contribution is 2.32. The topological polar surface area (TPSA) is 80.5 Å². The van der Waals surface area contributed by atoms with Crippen molar-refractivity contribution in [1.29, 1.82) is 0 Å². The van der Waals surface area contributed by atoms with Crippen LogP contribution >= 0.6 is 11.3 Å². The first-order chi connectivity index (χ1) is 13.0. The van der Waals surface area contributed by atoms with E-state index < -0.39 is 15.1 Å². The highest BCUT2D eigenvalue weighted by Gasteiger charge is 2.34. The molecule has 0 spiro atoms. The zero-order chi connectivity index (χ0) is 18.9. The van der Waals surface area contributed by atoms with Crippen molar-refractivity contribution in [1.82, 2.24) is 10.1 Å². The summed E-state index contributed by atoms with van der Waals surface area (Å²) in [6.45, 7) is 0.532. The van der Waals surface area contributed by atoms with Gasteiger partial charge in [0.15, 0.2) is 21.3 Å². The minimum atomic E-state index is -3.30. The molecule has 1 aliphatic heterocycles. The van der Waals surface area contributed by atoms with Crippen LogP contribution in [0.1, 0.15) is 27.0 Å². The summed E-state index contributed by atoms with van der Waals surface area (Å²) in [4.78, 5) is 15.2. The molecule has 3 heterocycles. The lowest BCUT2D eigenvalue weighted by molar-refractivity contribution is 0.0756. The molecule has 3 aromatic rings. The highest BCUT2D eigenvalue weighted by atomic mass is 32.2. The maximum absolute atomic E-state index is 12.8. The van der Waals surface area contributed by atoms with Gasteiger partial charge in [-0.1, -0.05) is 41.6 Å². The van der Waals surface area contributed by atoms with E-state index in [2.05, 4.69) is 5.16 Å². The van der Waals surface area contributed by atoms with Crippen LogP contribution in [0, 0.1) is 0 Å². The molecule has 4 rings (SSSR count). The van der Waals surface area contributed by atoms with E-state index in [9.17, 15) is 13.2 Å². The Bertz CT molecular complexity index is 1030. The van der Waals surface area contributed by atoms with Gasteiger partial charge in [0, 0.05) is 29.6 Å². The van der Waals surface area contributed by atoms with Crippen LogP contribution in [0.2, 0.25) is 0 Å². The molecule has 2 aromatic heterocycles. The predicted molar refractivity (Wildman–Crippen MR) is 103 cm³/mol. The van der Waals surface area contributed by atoms with Gasteiger partial charge in [0.1, 0.15) is 0 Å². The van der Waals surface area contributed by atoms with Gasteiger partial charge in [0.2, 0.25) is 0 Å². The molecule has 140 valence electrons. The van der Waals surface area contributed by atoms with E-state index in [0.717, 1.165) is 10.4 Å². The molecule has 1 aliphatic rings. The van der Waals surface area contributed by atoms with Crippen LogP contribution in [-0.2, 0) is 9.84 Å². The second kappa shape index (κ2) is 7.28. The molecule has 27 heavy (non-hydrogen) atoms. The van der Waals surface area contributed by atoms with E-state index >= 15 is 0 Å². The fourth-order valence-electron chi connectivity index (χ4n) is 3.22. The lowest BCUT2D eigenvalue weighted by atomic mass is 10.1. The van der Waals surface area contributed by atoms with Crippen molar-refractivity contribution in [2.45, 2.75) is 11.7 Å². The molecular weight excluding hydrogens is 384 g/mol. The molecule has 0 bridgehead atoms. The zero-order valence-electron chi connectivity index (χ0n) is 14.4. The van der Waals surface area contributed by atoms with E-state index in [1.54, 1.807) is 11.0 Å². The van der Waals surface area contributed by atoms with E-state index in [1.165, 1.54) is 11.3 Å². The van der Waals surface area contributed by atoms with Gasteiger partial charge in [0.25, 0.3) is 5.91 Å². The number of thiophene rings is 1. The first-order valence-corrected chi connectivity index (χ1v) is 11.2. The Morgan fingerprint density at radius 2 is 1.96 bits per heavy atom. The lowest BCUT2D eigenvalue weighted by Gasteiger charge is -2.18. The number of carbonyl (C=O) groups excluding carboxylic acids is 1. The minimum Gasteiger partial charge on any atom is -0.355 e. The number of sulfone groups is 1. The maximum Gasteiger partial charge on any atom is 0.276 e. The van der Waals surface area contributed by atoms with Crippen LogP contribution in [0.3, 0.4) is 0 Å². The molecule has 0 aliphatic carbocycles. The summed E-state index contributed by atoms with van der Waals surface area (Å²) in [5.41, 5.74) is 1.03. The molecule has 8 heteroatoms. The Balaban J connectivity index is 1.53. The summed E-state index contributed by atoms with van der Waals surface area (Å²) in [7, 11) is -3.30. The fraction of sp³-hybridized carbons (Fsp3) is 0.263. The molecule has 1 amide bonds.